The number of thiophene rings is 1. The van der Waals surface area contributed by atoms with E-state index in [9.17, 15) is 15.2 Å². The molecule has 1 N–H and O–H groups in total. The second-order valence-corrected chi connectivity index (χ2v) is 6.79. The molecule has 0 radical (unpaired) electrons. The predicted molar refractivity (Wildman–Crippen MR) is 90.2 cm³/mol. The van der Waals surface area contributed by atoms with Crippen LogP contribution in [0.15, 0.2) is 17.2 Å². The zero-order valence-corrected chi connectivity index (χ0v) is 13.9. The SMILES string of the molecule is N#Cc1c(N2CCOCC2)sc(C(=O)O)c1C1=CC=C(Cl)CC1. The number of rotatable bonds is 3. The van der Waals surface area contributed by atoms with Gasteiger partial charge in [0.25, 0.3) is 0 Å². The molecule has 0 bridgehead atoms. The maximum atomic E-state index is 11.7. The molecule has 3 rings (SSSR count). The van der Waals surface area contributed by atoms with Gasteiger partial charge in [-0.15, -0.1) is 11.3 Å². The predicted octanol–water partition coefficient (Wildman–Crippen LogP) is 3.45. The molecule has 0 unspecified atom stereocenters. The van der Waals surface area contributed by atoms with Crippen LogP contribution < -0.4 is 4.90 Å². The normalized spacial score (nSPS) is 18.2. The smallest absolute Gasteiger partial charge is 0.346 e. The topological polar surface area (TPSA) is 73.6 Å². The third-order valence-electron chi connectivity index (χ3n) is 3.91. The lowest BCUT2D eigenvalue weighted by Gasteiger charge is -2.27. The first-order chi connectivity index (χ1) is 11.1. The molecular formula is C16H15ClN2O3S. The van der Waals surface area contributed by atoms with Crippen LogP contribution in [0.4, 0.5) is 5.00 Å². The maximum absolute atomic E-state index is 11.7. The van der Waals surface area contributed by atoms with Crippen molar-refractivity contribution in [2.75, 3.05) is 31.2 Å². The minimum absolute atomic E-state index is 0.223. The third-order valence-corrected chi connectivity index (χ3v) is 5.47. The van der Waals surface area contributed by atoms with Crippen LogP contribution in [0.5, 0.6) is 0 Å². The Hall–Kier alpha value is -1.81. The largest absolute Gasteiger partial charge is 0.477 e. The van der Waals surface area contributed by atoms with Gasteiger partial charge >= 0.3 is 5.97 Å². The highest BCUT2D eigenvalue weighted by Crippen LogP contribution is 2.42. The van der Waals surface area contributed by atoms with E-state index in [4.69, 9.17) is 16.3 Å². The van der Waals surface area contributed by atoms with E-state index in [0.717, 1.165) is 15.6 Å². The summed E-state index contributed by atoms with van der Waals surface area (Å²) in [6.07, 6.45) is 4.91. The first-order valence-electron chi connectivity index (χ1n) is 7.30. The molecule has 23 heavy (non-hydrogen) atoms. The van der Waals surface area contributed by atoms with Gasteiger partial charge in [0.1, 0.15) is 15.9 Å². The number of aromatic carboxylic acids is 1. The first kappa shape index (κ1) is 16.1. The van der Waals surface area contributed by atoms with E-state index in [1.807, 2.05) is 11.0 Å². The molecule has 5 nitrogen and oxygen atoms in total. The molecule has 0 saturated carbocycles. The van der Waals surface area contributed by atoms with Crippen LogP contribution in [-0.2, 0) is 4.74 Å². The molecule has 1 aliphatic heterocycles. The summed E-state index contributed by atoms with van der Waals surface area (Å²) in [7, 11) is 0. The number of hydrogen-bond donors (Lipinski definition) is 1. The maximum Gasteiger partial charge on any atom is 0.346 e. The molecule has 1 saturated heterocycles. The Bertz CT molecular complexity index is 739. The lowest BCUT2D eigenvalue weighted by Crippen LogP contribution is -2.36. The molecule has 2 heterocycles. The van der Waals surface area contributed by atoms with Crippen LogP contribution in [0, 0.1) is 11.3 Å². The number of carbonyl (C=O) groups is 1. The number of hydrogen-bond acceptors (Lipinski definition) is 5. The van der Waals surface area contributed by atoms with Crippen molar-refractivity contribution < 1.29 is 14.6 Å². The number of halogens is 1. The minimum Gasteiger partial charge on any atom is -0.477 e. The van der Waals surface area contributed by atoms with Crippen LogP contribution in [0.2, 0.25) is 0 Å². The molecular weight excluding hydrogens is 336 g/mol. The zero-order valence-electron chi connectivity index (χ0n) is 12.3. The van der Waals surface area contributed by atoms with Crippen molar-refractivity contribution in [2.24, 2.45) is 0 Å². The molecule has 7 heteroatoms. The van der Waals surface area contributed by atoms with Gasteiger partial charge in [-0.2, -0.15) is 5.26 Å². The van der Waals surface area contributed by atoms with Crippen molar-refractivity contribution in [3.8, 4) is 6.07 Å². The monoisotopic (exact) mass is 350 g/mol. The lowest BCUT2D eigenvalue weighted by molar-refractivity contribution is 0.0702. The number of morpholine rings is 1. The standard InChI is InChI=1S/C16H15ClN2O3S/c17-11-3-1-10(2-4-11)13-12(9-18)15(23-14(13)16(20)21)19-5-7-22-8-6-19/h1,3H,2,4-8H2,(H,20,21). The van der Waals surface area contributed by atoms with Crippen molar-refractivity contribution in [2.45, 2.75) is 12.8 Å². The van der Waals surface area contributed by atoms with Crippen LogP contribution >= 0.6 is 22.9 Å². The Kier molecular flexibility index (Phi) is 4.71. The Morgan fingerprint density at radius 2 is 2.09 bits per heavy atom. The van der Waals surface area contributed by atoms with E-state index in [1.165, 1.54) is 11.3 Å². The molecule has 2 aliphatic rings. The average Bonchev–Trinajstić information content (AvgIpc) is 2.96. The van der Waals surface area contributed by atoms with Gasteiger partial charge < -0.3 is 14.7 Å². The quantitative estimate of drug-likeness (QED) is 0.903. The Balaban J connectivity index is 2.12. The van der Waals surface area contributed by atoms with Gasteiger partial charge in [0.2, 0.25) is 0 Å². The fraction of sp³-hybridized carbons (Fsp3) is 0.375. The van der Waals surface area contributed by atoms with E-state index >= 15 is 0 Å². The summed E-state index contributed by atoms with van der Waals surface area (Å²) in [4.78, 5) is 13.9. The second-order valence-electron chi connectivity index (χ2n) is 5.31. The number of nitriles is 1. The molecule has 0 spiro atoms. The Morgan fingerprint density at radius 1 is 1.35 bits per heavy atom. The van der Waals surface area contributed by atoms with E-state index < -0.39 is 5.97 Å². The van der Waals surface area contributed by atoms with Gasteiger partial charge in [-0.1, -0.05) is 17.7 Å². The third kappa shape index (κ3) is 3.13. The minimum atomic E-state index is -0.998. The first-order valence-corrected chi connectivity index (χ1v) is 8.49. The molecule has 0 amide bonds. The summed E-state index contributed by atoms with van der Waals surface area (Å²) in [6.45, 7) is 2.50. The molecule has 120 valence electrons. The van der Waals surface area contributed by atoms with Gasteiger partial charge in [-0.25, -0.2) is 4.79 Å². The Morgan fingerprint density at radius 3 is 2.65 bits per heavy atom. The van der Waals surface area contributed by atoms with Crippen molar-refractivity contribution in [3.63, 3.8) is 0 Å². The number of ether oxygens (including phenoxy) is 1. The van der Waals surface area contributed by atoms with Crippen molar-refractivity contribution in [1.82, 2.24) is 0 Å². The van der Waals surface area contributed by atoms with Crippen molar-refractivity contribution in [1.29, 1.82) is 5.26 Å². The van der Waals surface area contributed by atoms with Gasteiger partial charge in [-0.3, -0.25) is 0 Å². The number of anilines is 1. The van der Waals surface area contributed by atoms with E-state index in [2.05, 4.69) is 6.07 Å². The van der Waals surface area contributed by atoms with Gasteiger partial charge in [0, 0.05) is 23.7 Å². The molecule has 1 fully saturated rings. The molecule has 0 atom stereocenters. The van der Waals surface area contributed by atoms with E-state index in [-0.39, 0.29) is 4.88 Å². The van der Waals surface area contributed by atoms with Crippen molar-refractivity contribution in [3.05, 3.63) is 33.2 Å². The van der Waals surface area contributed by atoms with Gasteiger partial charge in [0.15, 0.2) is 0 Å². The van der Waals surface area contributed by atoms with Crippen LogP contribution in [0.25, 0.3) is 5.57 Å². The molecule has 1 aliphatic carbocycles. The van der Waals surface area contributed by atoms with Crippen molar-refractivity contribution >= 4 is 39.5 Å². The van der Waals surface area contributed by atoms with Gasteiger partial charge in [-0.05, 0) is 24.5 Å². The second kappa shape index (κ2) is 6.75. The number of nitrogens with zero attached hydrogens (tertiary/aromatic N) is 2. The summed E-state index contributed by atoms with van der Waals surface area (Å²) >= 11 is 7.16. The van der Waals surface area contributed by atoms with Gasteiger partial charge in [0.05, 0.1) is 18.8 Å². The number of carboxylic acids is 1. The van der Waals surface area contributed by atoms with E-state index in [0.29, 0.717) is 50.3 Å². The number of carboxylic acid groups (broad SMARTS) is 1. The highest BCUT2D eigenvalue weighted by Gasteiger charge is 2.28. The number of allylic oxidation sites excluding steroid dienone is 4. The van der Waals surface area contributed by atoms with Crippen LogP contribution in [0.3, 0.4) is 0 Å². The summed E-state index contributed by atoms with van der Waals surface area (Å²) in [5, 5.41) is 20.7. The average molecular weight is 351 g/mol. The zero-order chi connectivity index (χ0) is 16.4. The summed E-state index contributed by atoms with van der Waals surface area (Å²) in [6, 6.07) is 2.22. The summed E-state index contributed by atoms with van der Waals surface area (Å²) in [5.74, 6) is -0.998. The summed E-state index contributed by atoms with van der Waals surface area (Å²) in [5.41, 5.74) is 1.86. The highest BCUT2D eigenvalue weighted by molar-refractivity contribution is 7.18. The molecule has 0 aromatic carbocycles. The van der Waals surface area contributed by atoms with Crippen LogP contribution in [0.1, 0.15) is 33.6 Å². The summed E-state index contributed by atoms with van der Waals surface area (Å²) < 4.78 is 5.34. The lowest BCUT2D eigenvalue weighted by atomic mass is 9.94. The highest BCUT2D eigenvalue weighted by atomic mass is 35.5. The Labute approximate surface area is 143 Å². The van der Waals surface area contributed by atoms with E-state index in [1.54, 1.807) is 6.08 Å². The fourth-order valence-electron chi connectivity index (χ4n) is 2.79. The fourth-order valence-corrected chi connectivity index (χ4v) is 4.12. The van der Waals surface area contributed by atoms with Crippen LogP contribution in [-0.4, -0.2) is 37.4 Å². The molecule has 1 aromatic rings. The molecule has 1 aromatic heterocycles.